The van der Waals surface area contributed by atoms with Gasteiger partial charge in [-0.25, -0.2) is 0 Å². The zero-order valence-corrected chi connectivity index (χ0v) is 11.9. The molecule has 0 amide bonds. The number of hydrogen-bond acceptors (Lipinski definition) is 3. The number of rotatable bonds is 8. The van der Waals surface area contributed by atoms with Crippen LogP contribution in [0.2, 0.25) is 0 Å². The largest absolute Gasteiger partial charge is 0.308 e. The summed E-state index contributed by atoms with van der Waals surface area (Å²) in [6.07, 6.45) is 4.64. The molecule has 0 aromatic carbocycles. The summed E-state index contributed by atoms with van der Waals surface area (Å²) in [6, 6.07) is 0. The molecule has 3 nitrogen and oxygen atoms in total. The monoisotopic (exact) mass is 238 g/mol. The number of aldehydes is 1. The molecule has 1 unspecified atom stereocenters. The van der Waals surface area contributed by atoms with Crippen molar-refractivity contribution in [1.29, 1.82) is 0 Å². The van der Waals surface area contributed by atoms with Crippen LogP contribution in [-0.4, -0.2) is 44.1 Å². The number of allylic oxidation sites excluding steroid dienone is 2. The fraction of sp³-hybridized carbons (Fsp3) is 0.714. The number of aliphatic imine (C=N–C) groups is 1. The summed E-state index contributed by atoms with van der Waals surface area (Å²) < 4.78 is 0. The smallest absolute Gasteiger partial charge is 0.120 e. The molecule has 17 heavy (non-hydrogen) atoms. The van der Waals surface area contributed by atoms with Gasteiger partial charge in [-0.3, -0.25) is 4.99 Å². The van der Waals surface area contributed by atoms with Crippen LogP contribution in [0.25, 0.3) is 0 Å². The second-order valence-corrected chi connectivity index (χ2v) is 5.03. The van der Waals surface area contributed by atoms with Gasteiger partial charge < -0.3 is 9.69 Å². The lowest BCUT2D eigenvalue weighted by atomic mass is 9.97. The van der Waals surface area contributed by atoms with E-state index in [9.17, 15) is 4.79 Å². The molecule has 0 aliphatic heterocycles. The maximum atomic E-state index is 10.6. The average Bonchev–Trinajstić information content (AvgIpc) is 2.15. The minimum atomic E-state index is 0.306. The number of carbonyl (C=O) groups excluding carboxylic acids is 1. The normalized spacial score (nSPS) is 13.6. The van der Waals surface area contributed by atoms with E-state index in [0.29, 0.717) is 12.3 Å². The van der Waals surface area contributed by atoms with Gasteiger partial charge in [0.2, 0.25) is 0 Å². The van der Waals surface area contributed by atoms with Gasteiger partial charge >= 0.3 is 0 Å². The molecule has 0 aromatic rings. The highest BCUT2D eigenvalue weighted by Gasteiger charge is 2.06. The van der Waals surface area contributed by atoms with Gasteiger partial charge in [0.15, 0.2) is 0 Å². The molecule has 0 N–H and O–H groups in total. The molecule has 0 aromatic heterocycles. The van der Waals surface area contributed by atoms with Gasteiger partial charge in [0, 0.05) is 18.7 Å². The van der Waals surface area contributed by atoms with E-state index >= 15 is 0 Å². The van der Waals surface area contributed by atoms with Crippen LogP contribution in [0.1, 0.15) is 33.6 Å². The Morgan fingerprint density at radius 2 is 1.94 bits per heavy atom. The Morgan fingerprint density at radius 3 is 2.41 bits per heavy atom. The van der Waals surface area contributed by atoms with Crippen molar-refractivity contribution >= 4 is 12.0 Å². The van der Waals surface area contributed by atoms with Crippen molar-refractivity contribution in [1.82, 2.24) is 4.90 Å². The minimum Gasteiger partial charge on any atom is -0.308 e. The summed E-state index contributed by atoms with van der Waals surface area (Å²) in [5.41, 5.74) is 2.40. The molecular formula is C14H26N2O. The fourth-order valence-electron chi connectivity index (χ4n) is 1.69. The number of hydrogen-bond donors (Lipinski definition) is 0. The summed E-state index contributed by atoms with van der Waals surface area (Å²) in [4.78, 5) is 17.3. The third-order valence-electron chi connectivity index (χ3n) is 2.45. The van der Waals surface area contributed by atoms with Gasteiger partial charge in [-0.1, -0.05) is 11.6 Å². The molecule has 0 heterocycles. The number of likely N-dealkylation sites (N-methyl/N-ethyl adjacent to an activating group) is 1. The first-order chi connectivity index (χ1) is 7.95. The molecule has 0 spiro atoms. The summed E-state index contributed by atoms with van der Waals surface area (Å²) in [6.45, 7) is 7.98. The van der Waals surface area contributed by atoms with E-state index in [4.69, 9.17) is 0 Å². The minimum absolute atomic E-state index is 0.306. The standard InChI is InChI=1S/C14H26N2O/c1-12(2)10-14(6-9-17)11-13(3)15-7-8-16(4)5/h9-10,14H,6-8,11H2,1-5H3. The molecular weight excluding hydrogens is 212 g/mol. The highest BCUT2D eigenvalue weighted by Crippen LogP contribution is 2.12. The first kappa shape index (κ1) is 16.0. The predicted octanol–water partition coefficient (Wildman–Crippen LogP) is 2.57. The van der Waals surface area contributed by atoms with Crippen molar-refractivity contribution in [3.63, 3.8) is 0 Å². The first-order valence-corrected chi connectivity index (χ1v) is 6.19. The third-order valence-corrected chi connectivity index (χ3v) is 2.45. The van der Waals surface area contributed by atoms with Gasteiger partial charge in [-0.05, 0) is 47.2 Å². The Labute approximate surface area is 106 Å². The Balaban J connectivity index is 4.24. The number of carbonyl (C=O) groups is 1. The summed E-state index contributed by atoms with van der Waals surface area (Å²) in [5, 5.41) is 0. The molecule has 0 saturated carbocycles. The Morgan fingerprint density at radius 1 is 1.29 bits per heavy atom. The van der Waals surface area contributed by atoms with Crippen LogP contribution < -0.4 is 0 Å². The second-order valence-electron chi connectivity index (χ2n) is 5.03. The Bertz CT molecular complexity index is 276. The van der Waals surface area contributed by atoms with Crippen LogP contribution in [0.15, 0.2) is 16.6 Å². The average molecular weight is 238 g/mol. The number of nitrogens with zero attached hydrogens (tertiary/aromatic N) is 2. The summed E-state index contributed by atoms with van der Waals surface area (Å²) >= 11 is 0. The van der Waals surface area contributed by atoms with E-state index < -0.39 is 0 Å². The van der Waals surface area contributed by atoms with Gasteiger partial charge in [-0.15, -0.1) is 0 Å². The lowest BCUT2D eigenvalue weighted by Gasteiger charge is -2.11. The van der Waals surface area contributed by atoms with Crippen molar-refractivity contribution in [2.75, 3.05) is 27.2 Å². The highest BCUT2D eigenvalue weighted by atomic mass is 16.1. The predicted molar refractivity (Wildman–Crippen MR) is 74.7 cm³/mol. The molecule has 0 saturated heterocycles. The molecule has 0 rings (SSSR count). The molecule has 3 heteroatoms. The molecule has 1 atom stereocenters. The molecule has 0 bridgehead atoms. The fourth-order valence-corrected chi connectivity index (χ4v) is 1.69. The van der Waals surface area contributed by atoms with E-state index in [2.05, 4.69) is 29.8 Å². The lowest BCUT2D eigenvalue weighted by Crippen LogP contribution is -2.16. The Kier molecular flexibility index (Phi) is 8.60. The molecule has 0 aliphatic rings. The van der Waals surface area contributed by atoms with Gasteiger partial charge in [0.05, 0.1) is 6.54 Å². The van der Waals surface area contributed by atoms with E-state index in [0.717, 1.165) is 31.5 Å². The SMILES string of the molecule is CC(C)=CC(CC=O)CC(C)=NCCN(C)C. The zero-order chi connectivity index (χ0) is 13.3. The Hall–Kier alpha value is -0.960. The van der Waals surface area contributed by atoms with Crippen LogP contribution >= 0.6 is 0 Å². The summed E-state index contributed by atoms with van der Waals surface area (Å²) in [5.74, 6) is 0.306. The molecule has 98 valence electrons. The van der Waals surface area contributed by atoms with E-state index in [1.54, 1.807) is 0 Å². The molecule has 0 fully saturated rings. The van der Waals surface area contributed by atoms with E-state index in [1.807, 2.05) is 21.0 Å². The summed E-state index contributed by atoms with van der Waals surface area (Å²) in [7, 11) is 4.09. The van der Waals surface area contributed by atoms with Gasteiger partial charge in [-0.2, -0.15) is 0 Å². The maximum absolute atomic E-state index is 10.6. The topological polar surface area (TPSA) is 32.7 Å². The van der Waals surface area contributed by atoms with Crippen LogP contribution in [0, 0.1) is 5.92 Å². The van der Waals surface area contributed by atoms with Gasteiger partial charge in [0.25, 0.3) is 0 Å². The van der Waals surface area contributed by atoms with Crippen LogP contribution in [0.3, 0.4) is 0 Å². The van der Waals surface area contributed by atoms with E-state index in [-0.39, 0.29) is 0 Å². The van der Waals surface area contributed by atoms with Crippen molar-refractivity contribution in [3.8, 4) is 0 Å². The van der Waals surface area contributed by atoms with Gasteiger partial charge in [0.1, 0.15) is 6.29 Å². The maximum Gasteiger partial charge on any atom is 0.120 e. The van der Waals surface area contributed by atoms with Crippen LogP contribution in [0.5, 0.6) is 0 Å². The van der Waals surface area contributed by atoms with Crippen LogP contribution in [-0.2, 0) is 4.79 Å². The van der Waals surface area contributed by atoms with Crippen molar-refractivity contribution < 1.29 is 4.79 Å². The zero-order valence-electron chi connectivity index (χ0n) is 11.9. The lowest BCUT2D eigenvalue weighted by molar-refractivity contribution is -0.108. The molecule has 0 radical (unpaired) electrons. The van der Waals surface area contributed by atoms with Crippen molar-refractivity contribution in [2.24, 2.45) is 10.9 Å². The van der Waals surface area contributed by atoms with Crippen molar-refractivity contribution in [3.05, 3.63) is 11.6 Å². The highest BCUT2D eigenvalue weighted by molar-refractivity contribution is 5.82. The van der Waals surface area contributed by atoms with Crippen molar-refractivity contribution in [2.45, 2.75) is 33.6 Å². The van der Waals surface area contributed by atoms with Crippen LogP contribution in [0.4, 0.5) is 0 Å². The molecule has 0 aliphatic carbocycles. The second kappa shape index (κ2) is 9.11. The third kappa shape index (κ3) is 9.94. The quantitative estimate of drug-likeness (QED) is 0.370. The van der Waals surface area contributed by atoms with E-state index in [1.165, 1.54) is 5.57 Å². The first-order valence-electron chi connectivity index (χ1n) is 6.19.